The van der Waals surface area contributed by atoms with Crippen LogP contribution in [0.1, 0.15) is 18.9 Å². The lowest BCUT2D eigenvalue weighted by atomic mass is 10.1. The van der Waals surface area contributed by atoms with Crippen LogP contribution in [0.3, 0.4) is 0 Å². The Morgan fingerprint density at radius 1 is 1.33 bits per heavy atom. The number of hydrogen-bond acceptors (Lipinski definition) is 2. The average molecular weight is 246 g/mol. The Hall–Kier alpha value is -2.10. The number of carbonyl (C=O) groups excluding carboxylic acids is 2. The molecule has 1 aromatic carbocycles. The Balaban J connectivity index is 2.51. The van der Waals surface area contributed by atoms with E-state index in [0.29, 0.717) is 13.0 Å². The normalized spacial score (nSPS) is 11.4. The molecule has 18 heavy (non-hydrogen) atoms. The summed E-state index contributed by atoms with van der Waals surface area (Å²) in [5, 5.41) is 5.38. The van der Waals surface area contributed by atoms with Gasteiger partial charge in [-0.25, -0.2) is 0 Å². The van der Waals surface area contributed by atoms with Crippen molar-refractivity contribution in [3.05, 3.63) is 48.6 Å². The second kappa shape index (κ2) is 7.27. The van der Waals surface area contributed by atoms with Crippen LogP contribution in [0, 0.1) is 0 Å². The molecule has 2 amide bonds. The molecule has 2 N–H and O–H groups in total. The van der Waals surface area contributed by atoms with Crippen LogP contribution in [0.4, 0.5) is 0 Å². The third-order valence-corrected chi connectivity index (χ3v) is 2.41. The van der Waals surface area contributed by atoms with Crippen LogP contribution in [0.15, 0.2) is 43.0 Å². The number of amides is 2. The predicted octanol–water partition coefficient (Wildman–Crippen LogP) is 1.38. The molecule has 0 aliphatic rings. The zero-order chi connectivity index (χ0) is 13.4. The van der Waals surface area contributed by atoms with Gasteiger partial charge in [-0.3, -0.25) is 9.59 Å². The molecule has 0 aromatic heterocycles. The Morgan fingerprint density at radius 2 is 2.00 bits per heavy atom. The molecule has 4 heteroatoms. The van der Waals surface area contributed by atoms with Crippen molar-refractivity contribution in [3.8, 4) is 0 Å². The Bertz CT molecular complexity index is 415. The summed E-state index contributed by atoms with van der Waals surface area (Å²) < 4.78 is 0. The fourth-order valence-electron chi connectivity index (χ4n) is 1.55. The molecule has 0 saturated carbocycles. The third kappa shape index (κ3) is 4.82. The van der Waals surface area contributed by atoms with Gasteiger partial charge in [-0.15, -0.1) is 6.58 Å². The van der Waals surface area contributed by atoms with Crippen molar-refractivity contribution in [2.24, 2.45) is 0 Å². The summed E-state index contributed by atoms with van der Waals surface area (Å²) in [6.07, 6.45) is 2.03. The van der Waals surface area contributed by atoms with Gasteiger partial charge in [0.2, 0.25) is 11.8 Å². The van der Waals surface area contributed by atoms with Gasteiger partial charge in [0.25, 0.3) is 0 Å². The van der Waals surface area contributed by atoms with Crippen LogP contribution >= 0.6 is 0 Å². The summed E-state index contributed by atoms with van der Waals surface area (Å²) in [4.78, 5) is 22.9. The molecule has 0 saturated heterocycles. The molecule has 0 heterocycles. The first kappa shape index (κ1) is 14.0. The lowest BCUT2D eigenvalue weighted by molar-refractivity contribution is -0.128. The van der Waals surface area contributed by atoms with Crippen molar-refractivity contribution in [2.75, 3.05) is 0 Å². The number of hydrogen-bond donors (Lipinski definition) is 2. The van der Waals surface area contributed by atoms with E-state index in [4.69, 9.17) is 0 Å². The summed E-state index contributed by atoms with van der Waals surface area (Å²) in [6.45, 7) is 5.42. The van der Waals surface area contributed by atoms with Crippen LogP contribution in [-0.4, -0.2) is 17.9 Å². The van der Waals surface area contributed by atoms with Gasteiger partial charge in [0, 0.05) is 13.5 Å². The molecular weight excluding hydrogens is 228 g/mol. The molecule has 1 atom stereocenters. The quantitative estimate of drug-likeness (QED) is 0.745. The van der Waals surface area contributed by atoms with Gasteiger partial charge in [-0.2, -0.15) is 0 Å². The van der Waals surface area contributed by atoms with Crippen molar-refractivity contribution >= 4 is 11.8 Å². The third-order valence-electron chi connectivity index (χ3n) is 2.41. The molecule has 1 rings (SSSR count). The van der Waals surface area contributed by atoms with E-state index >= 15 is 0 Å². The molecular formula is C14H18N2O2. The van der Waals surface area contributed by atoms with Crippen molar-refractivity contribution < 1.29 is 9.59 Å². The second-order valence-corrected chi connectivity index (χ2v) is 3.98. The van der Waals surface area contributed by atoms with Gasteiger partial charge in [0.05, 0.1) is 0 Å². The van der Waals surface area contributed by atoms with Gasteiger partial charge in [-0.05, 0) is 12.0 Å². The van der Waals surface area contributed by atoms with Gasteiger partial charge < -0.3 is 10.6 Å². The maximum absolute atomic E-state index is 11.9. The van der Waals surface area contributed by atoms with Crippen LogP contribution in [0.5, 0.6) is 0 Å². The fourth-order valence-corrected chi connectivity index (χ4v) is 1.55. The van der Waals surface area contributed by atoms with Crippen LogP contribution in [-0.2, 0) is 16.1 Å². The van der Waals surface area contributed by atoms with E-state index in [9.17, 15) is 9.59 Å². The molecule has 0 aliphatic heterocycles. The Morgan fingerprint density at radius 3 is 2.56 bits per heavy atom. The lowest BCUT2D eigenvalue weighted by Crippen LogP contribution is -2.45. The molecule has 0 aliphatic carbocycles. The standard InChI is InChI=1S/C14H18N2O2/c1-3-7-13(16-11(2)17)14(18)15-10-12-8-5-4-6-9-12/h3-6,8-9,13H,1,7,10H2,2H3,(H,15,18)(H,16,17)/t13-/m0/s1. The van der Waals surface area contributed by atoms with Gasteiger partial charge in [-0.1, -0.05) is 36.4 Å². The highest BCUT2D eigenvalue weighted by Gasteiger charge is 2.17. The minimum absolute atomic E-state index is 0.200. The zero-order valence-corrected chi connectivity index (χ0v) is 10.5. The fraction of sp³-hybridized carbons (Fsp3) is 0.286. The summed E-state index contributed by atoms with van der Waals surface area (Å²) in [7, 11) is 0. The van der Waals surface area contributed by atoms with E-state index in [0.717, 1.165) is 5.56 Å². The Kier molecular flexibility index (Phi) is 5.64. The molecule has 0 fully saturated rings. The summed E-state index contributed by atoms with van der Waals surface area (Å²) in [5.74, 6) is -0.425. The highest BCUT2D eigenvalue weighted by Crippen LogP contribution is 1.99. The van der Waals surface area contributed by atoms with Gasteiger partial charge >= 0.3 is 0 Å². The smallest absolute Gasteiger partial charge is 0.243 e. The number of nitrogens with one attached hydrogen (secondary N) is 2. The summed E-state index contributed by atoms with van der Waals surface area (Å²) in [5.41, 5.74) is 1.02. The van der Waals surface area contributed by atoms with Crippen molar-refractivity contribution in [1.82, 2.24) is 10.6 Å². The molecule has 0 bridgehead atoms. The van der Waals surface area contributed by atoms with E-state index in [1.54, 1.807) is 6.08 Å². The van der Waals surface area contributed by atoms with Crippen molar-refractivity contribution in [3.63, 3.8) is 0 Å². The highest BCUT2D eigenvalue weighted by atomic mass is 16.2. The van der Waals surface area contributed by atoms with E-state index in [1.165, 1.54) is 6.92 Å². The number of carbonyl (C=O) groups is 2. The monoisotopic (exact) mass is 246 g/mol. The first-order valence-corrected chi connectivity index (χ1v) is 5.83. The van der Waals surface area contributed by atoms with Gasteiger partial charge in [0.15, 0.2) is 0 Å². The van der Waals surface area contributed by atoms with Crippen molar-refractivity contribution in [2.45, 2.75) is 25.9 Å². The molecule has 0 unspecified atom stereocenters. The average Bonchev–Trinajstić information content (AvgIpc) is 2.36. The molecule has 96 valence electrons. The van der Waals surface area contributed by atoms with Crippen LogP contribution in [0.25, 0.3) is 0 Å². The van der Waals surface area contributed by atoms with Gasteiger partial charge in [0.1, 0.15) is 6.04 Å². The molecule has 4 nitrogen and oxygen atoms in total. The SMILES string of the molecule is C=CC[C@H](NC(C)=O)C(=O)NCc1ccccc1. The lowest BCUT2D eigenvalue weighted by Gasteiger charge is -2.15. The molecule has 1 aromatic rings. The minimum atomic E-state index is -0.552. The van der Waals surface area contributed by atoms with E-state index in [2.05, 4.69) is 17.2 Å². The maximum Gasteiger partial charge on any atom is 0.243 e. The number of rotatable bonds is 6. The summed E-state index contributed by atoms with van der Waals surface area (Å²) in [6, 6.07) is 9.06. The first-order chi connectivity index (χ1) is 8.63. The van der Waals surface area contributed by atoms with E-state index in [1.807, 2.05) is 30.3 Å². The minimum Gasteiger partial charge on any atom is -0.350 e. The molecule has 0 radical (unpaired) electrons. The van der Waals surface area contributed by atoms with E-state index in [-0.39, 0.29) is 11.8 Å². The van der Waals surface area contributed by atoms with E-state index < -0.39 is 6.04 Å². The Labute approximate surface area is 107 Å². The zero-order valence-electron chi connectivity index (χ0n) is 10.5. The summed E-state index contributed by atoms with van der Waals surface area (Å²) >= 11 is 0. The highest BCUT2D eigenvalue weighted by molar-refractivity contribution is 5.86. The second-order valence-electron chi connectivity index (χ2n) is 3.98. The topological polar surface area (TPSA) is 58.2 Å². The predicted molar refractivity (Wildman–Crippen MR) is 70.7 cm³/mol. The van der Waals surface area contributed by atoms with Crippen LogP contribution < -0.4 is 10.6 Å². The van der Waals surface area contributed by atoms with Crippen LogP contribution in [0.2, 0.25) is 0 Å². The first-order valence-electron chi connectivity index (χ1n) is 5.83. The largest absolute Gasteiger partial charge is 0.350 e. The number of benzene rings is 1. The molecule has 0 spiro atoms. The van der Waals surface area contributed by atoms with Crippen molar-refractivity contribution in [1.29, 1.82) is 0 Å². The maximum atomic E-state index is 11.9.